The minimum absolute atomic E-state index is 0.518. The van der Waals surface area contributed by atoms with Crippen molar-refractivity contribution in [3.8, 4) is 20.9 Å². The number of carboxylic acids is 1. The number of aryl methyl sites for hydroxylation is 1. The van der Waals surface area contributed by atoms with Crippen LogP contribution in [0.5, 0.6) is 0 Å². The number of thiophene rings is 2. The van der Waals surface area contributed by atoms with Gasteiger partial charge in [-0.15, -0.1) is 34.4 Å². The quantitative estimate of drug-likeness (QED) is 0.614. The summed E-state index contributed by atoms with van der Waals surface area (Å²) in [5.74, 6) is -0.796. The van der Waals surface area contributed by atoms with Gasteiger partial charge in [0.15, 0.2) is 0 Å². The van der Waals surface area contributed by atoms with Gasteiger partial charge in [-0.1, -0.05) is 30.3 Å². The summed E-state index contributed by atoms with van der Waals surface area (Å²) in [5.41, 5.74) is 4.79. The zero-order valence-electron chi connectivity index (χ0n) is 12.5. The summed E-state index contributed by atoms with van der Waals surface area (Å²) in [4.78, 5) is 14.6. The van der Waals surface area contributed by atoms with Crippen LogP contribution in [-0.4, -0.2) is 17.3 Å². The van der Waals surface area contributed by atoms with Gasteiger partial charge < -0.3 is 5.11 Å². The van der Waals surface area contributed by atoms with Crippen LogP contribution in [-0.2, 0) is 12.8 Å². The molecule has 3 aromatic rings. The third kappa shape index (κ3) is 2.43. The lowest BCUT2D eigenvalue weighted by atomic mass is 9.93. The van der Waals surface area contributed by atoms with Crippen molar-refractivity contribution in [2.24, 2.45) is 0 Å². The second-order valence-electron chi connectivity index (χ2n) is 5.41. The summed E-state index contributed by atoms with van der Waals surface area (Å²) in [6, 6.07) is 12.7. The van der Waals surface area contributed by atoms with Crippen molar-refractivity contribution in [2.75, 3.05) is 6.26 Å². The first-order valence-corrected chi connectivity index (χ1v) is 10.2. The Labute approximate surface area is 146 Å². The molecule has 0 bridgehead atoms. The van der Waals surface area contributed by atoms with E-state index in [2.05, 4.69) is 30.3 Å². The Bertz CT molecular complexity index is 891. The van der Waals surface area contributed by atoms with Crippen molar-refractivity contribution in [2.45, 2.75) is 17.1 Å². The number of carbonyl (C=O) groups is 1. The third-order valence-corrected chi connectivity index (χ3v) is 7.68. The van der Waals surface area contributed by atoms with Gasteiger partial charge in [0, 0.05) is 15.3 Å². The van der Waals surface area contributed by atoms with Crippen LogP contribution in [0.3, 0.4) is 0 Å². The average Bonchev–Trinajstić information content (AvgIpc) is 3.16. The fourth-order valence-corrected chi connectivity index (χ4v) is 6.42. The van der Waals surface area contributed by atoms with Gasteiger partial charge in [0.25, 0.3) is 0 Å². The Balaban J connectivity index is 1.90. The first kappa shape index (κ1) is 15.0. The van der Waals surface area contributed by atoms with Crippen molar-refractivity contribution in [1.29, 1.82) is 0 Å². The van der Waals surface area contributed by atoms with E-state index in [0.717, 1.165) is 22.6 Å². The molecule has 0 radical (unpaired) electrons. The molecule has 2 nitrogen and oxygen atoms in total. The zero-order valence-corrected chi connectivity index (χ0v) is 14.9. The molecule has 0 saturated carbocycles. The summed E-state index contributed by atoms with van der Waals surface area (Å²) in [6.07, 6.45) is 3.78. The maximum Gasteiger partial charge on any atom is 0.346 e. The predicted octanol–water partition coefficient (Wildman–Crippen LogP) is 5.66. The van der Waals surface area contributed by atoms with E-state index in [0.29, 0.717) is 4.88 Å². The third-order valence-electron chi connectivity index (χ3n) is 4.09. The molecule has 2 heterocycles. The summed E-state index contributed by atoms with van der Waals surface area (Å²) < 4.78 is 1.12. The van der Waals surface area contributed by atoms with Crippen molar-refractivity contribution < 1.29 is 9.90 Å². The molecule has 1 aromatic carbocycles. The molecule has 0 unspecified atom stereocenters. The van der Waals surface area contributed by atoms with Crippen LogP contribution >= 0.6 is 34.4 Å². The SMILES string of the molecule is CSc1sc(C(=O)O)c2c1-c1sc(-c3ccccc3)cc1CC2. The molecule has 0 fully saturated rings. The Morgan fingerprint density at radius 3 is 2.65 bits per heavy atom. The Hall–Kier alpha value is -1.56. The second-order valence-corrected chi connectivity index (χ2v) is 8.56. The Morgan fingerprint density at radius 2 is 1.96 bits per heavy atom. The van der Waals surface area contributed by atoms with Gasteiger partial charge in [-0.2, -0.15) is 0 Å². The summed E-state index contributed by atoms with van der Waals surface area (Å²) in [7, 11) is 0. The number of hydrogen-bond donors (Lipinski definition) is 1. The van der Waals surface area contributed by atoms with Crippen molar-refractivity contribution >= 4 is 40.4 Å². The van der Waals surface area contributed by atoms with Crippen LogP contribution in [0.4, 0.5) is 0 Å². The number of rotatable bonds is 3. The van der Waals surface area contributed by atoms with Crippen molar-refractivity contribution in [1.82, 2.24) is 0 Å². The molecule has 4 rings (SSSR count). The fraction of sp³-hybridized carbons (Fsp3) is 0.167. The van der Waals surface area contributed by atoms with Gasteiger partial charge in [-0.05, 0) is 41.9 Å². The topological polar surface area (TPSA) is 37.3 Å². The molecule has 23 heavy (non-hydrogen) atoms. The van der Waals surface area contributed by atoms with Gasteiger partial charge >= 0.3 is 5.97 Å². The number of carboxylic acid groups (broad SMARTS) is 1. The highest BCUT2D eigenvalue weighted by Crippen LogP contribution is 2.50. The lowest BCUT2D eigenvalue weighted by molar-refractivity contribution is 0.0701. The van der Waals surface area contributed by atoms with Crippen LogP contribution in [0.1, 0.15) is 20.8 Å². The molecule has 0 atom stereocenters. The van der Waals surface area contributed by atoms with E-state index < -0.39 is 5.97 Å². The molecule has 1 N–H and O–H groups in total. The molecule has 2 aromatic heterocycles. The molecule has 5 heteroatoms. The number of aromatic carboxylic acids is 1. The molecule has 0 spiro atoms. The van der Waals surface area contributed by atoms with E-state index in [4.69, 9.17) is 0 Å². The van der Waals surface area contributed by atoms with E-state index in [1.54, 1.807) is 23.1 Å². The van der Waals surface area contributed by atoms with Crippen LogP contribution < -0.4 is 0 Å². The van der Waals surface area contributed by atoms with E-state index in [9.17, 15) is 9.90 Å². The van der Waals surface area contributed by atoms with E-state index in [1.165, 1.54) is 37.8 Å². The van der Waals surface area contributed by atoms with Gasteiger partial charge in [-0.25, -0.2) is 4.79 Å². The standard InChI is InChI=1S/C18H14O2S3/c1-21-18-14-12(16(23-18)17(19)20)8-7-11-9-13(22-15(11)14)10-5-3-2-4-6-10/h2-6,9H,7-8H2,1H3,(H,19,20). The van der Waals surface area contributed by atoms with Crippen LogP contribution in [0.15, 0.2) is 40.6 Å². The van der Waals surface area contributed by atoms with Crippen molar-refractivity contribution in [3.63, 3.8) is 0 Å². The molecule has 1 aliphatic rings. The molecule has 1 aliphatic carbocycles. The number of hydrogen-bond acceptors (Lipinski definition) is 4. The van der Waals surface area contributed by atoms with Gasteiger partial charge in [0.1, 0.15) is 4.88 Å². The lowest BCUT2D eigenvalue weighted by Crippen LogP contribution is -2.04. The second kappa shape index (κ2) is 5.82. The predicted molar refractivity (Wildman–Crippen MR) is 99.2 cm³/mol. The summed E-state index contributed by atoms with van der Waals surface area (Å²) in [6.45, 7) is 0. The molecule has 116 valence electrons. The molecule has 0 aliphatic heterocycles. The average molecular weight is 359 g/mol. The van der Waals surface area contributed by atoms with E-state index in [1.807, 2.05) is 12.3 Å². The molecule has 0 amide bonds. The Kier molecular flexibility index (Phi) is 3.79. The smallest absolute Gasteiger partial charge is 0.346 e. The highest BCUT2D eigenvalue weighted by molar-refractivity contribution is 8.00. The maximum absolute atomic E-state index is 11.5. The number of benzene rings is 1. The normalized spacial score (nSPS) is 12.7. The van der Waals surface area contributed by atoms with Crippen molar-refractivity contribution in [3.05, 3.63) is 52.4 Å². The van der Waals surface area contributed by atoms with Gasteiger partial charge in [-0.3, -0.25) is 0 Å². The molecular formula is C18H14O2S3. The minimum Gasteiger partial charge on any atom is -0.477 e. The first-order chi connectivity index (χ1) is 11.2. The van der Waals surface area contributed by atoms with Gasteiger partial charge in [0.2, 0.25) is 0 Å². The van der Waals surface area contributed by atoms with Crippen LogP contribution in [0.25, 0.3) is 20.9 Å². The number of fused-ring (bicyclic) bond motifs is 3. The minimum atomic E-state index is -0.796. The Morgan fingerprint density at radius 1 is 1.17 bits per heavy atom. The van der Waals surface area contributed by atoms with Crippen LogP contribution in [0, 0.1) is 0 Å². The summed E-state index contributed by atoms with van der Waals surface area (Å²) in [5, 5.41) is 9.49. The number of thioether (sulfide) groups is 1. The maximum atomic E-state index is 11.5. The molecule has 0 saturated heterocycles. The highest BCUT2D eigenvalue weighted by Gasteiger charge is 2.29. The van der Waals surface area contributed by atoms with E-state index in [-0.39, 0.29) is 0 Å². The molecular weight excluding hydrogens is 344 g/mol. The summed E-state index contributed by atoms with van der Waals surface area (Å²) >= 11 is 4.86. The van der Waals surface area contributed by atoms with E-state index >= 15 is 0 Å². The highest BCUT2D eigenvalue weighted by atomic mass is 32.2. The lowest BCUT2D eigenvalue weighted by Gasteiger charge is -2.13. The van der Waals surface area contributed by atoms with Gasteiger partial charge in [0.05, 0.1) is 4.21 Å². The van der Waals surface area contributed by atoms with Crippen LogP contribution in [0.2, 0.25) is 0 Å². The monoisotopic (exact) mass is 358 g/mol. The largest absolute Gasteiger partial charge is 0.477 e. The first-order valence-electron chi connectivity index (χ1n) is 7.30. The zero-order chi connectivity index (χ0) is 16.0. The fourth-order valence-electron chi connectivity index (χ4n) is 3.06.